The van der Waals surface area contributed by atoms with E-state index in [1.54, 1.807) is 0 Å². The number of rotatable bonds is 0. The van der Waals surface area contributed by atoms with Gasteiger partial charge in [0.1, 0.15) is 5.75 Å². The standard InChI is InChI=1S/C9H7NO/c10-6-7-2-1-3-9-8(7)4-5-11-9/h1-3H,4-5H2. The first-order valence-electron chi connectivity index (χ1n) is 3.56. The molecule has 2 nitrogen and oxygen atoms in total. The zero-order chi connectivity index (χ0) is 7.68. The maximum absolute atomic E-state index is 8.70. The molecule has 11 heavy (non-hydrogen) atoms. The molecule has 0 bridgehead atoms. The molecule has 0 unspecified atom stereocenters. The van der Waals surface area contributed by atoms with Crippen molar-refractivity contribution in [2.24, 2.45) is 0 Å². The van der Waals surface area contributed by atoms with Gasteiger partial charge in [0.15, 0.2) is 0 Å². The van der Waals surface area contributed by atoms with Gasteiger partial charge in [-0.3, -0.25) is 0 Å². The van der Waals surface area contributed by atoms with Gasteiger partial charge < -0.3 is 4.74 Å². The summed E-state index contributed by atoms with van der Waals surface area (Å²) in [4.78, 5) is 0. The summed E-state index contributed by atoms with van der Waals surface area (Å²) in [6.07, 6.45) is 0.874. The van der Waals surface area contributed by atoms with Gasteiger partial charge >= 0.3 is 0 Å². The Balaban J connectivity index is 2.61. The average molecular weight is 145 g/mol. The fourth-order valence-electron chi connectivity index (χ4n) is 1.33. The Morgan fingerprint density at radius 3 is 3.18 bits per heavy atom. The lowest BCUT2D eigenvalue weighted by molar-refractivity contribution is 0.357. The van der Waals surface area contributed by atoms with E-state index in [1.165, 1.54) is 0 Å². The minimum atomic E-state index is 0.716. The van der Waals surface area contributed by atoms with Gasteiger partial charge in [0.05, 0.1) is 18.2 Å². The normalized spacial score (nSPS) is 13.4. The fraction of sp³-hybridized carbons (Fsp3) is 0.222. The zero-order valence-electron chi connectivity index (χ0n) is 6.00. The van der Waals surface area contributed by atoms with Crippen LogP contribution in [0.5, 0.6) is 5.75 Å². The number of hydrogen-bond donors (Lipinski definition) is 0. The molecule has 0 fully saturated rings. The van der Waals surface area contributed by atoms with Crippen molar-refractivity contribution in [3.05, 3.63) is 29.3 Å². The predicted octanol–water partition coefficient (Wildman–Crippen LogP) is 1.49. The summed E-state index contributed by atoms with van der Waals surface area (Å²) in [5.74, 6) is 0.879. The molecule has 0 spiro atoms. The third kappa shape index (κ3) is 0.857. The second-order valence-corrected chi connectivity index (χ2v) is 2.49. The van der Waals surface area contributed by atoms with Gasteiger partial charge in [-0.15, -0.1) is 0 Å². The van der Waals surface area contributed by atoms with E-state index in [9.17, 15) is 0 Å². The highest BCUT2D eigenvalue weighted by molar-refractivity contribution is 5.48. The minimum Gasteiger partial charge on any atom is -0.493 e. The molecule has 0 atom stereocenters. The Kier molecular flexibility index (Phi) is 1.29. The molecule has 1 aliphatic heterocycles. The molecule has 1 aliphatic rings. The zero-order valence-corrected chi connectivity index (χ0v) is 6.00. The Morgan fingerprint density at radius 1 is 1.45 bits per heavy atom. The molecule has 0 aliphatic carbocycles. The SMILES string of the molecule is N#Cc1cccc2c1CCO2. The summed E-state index contributed by atoms with van der Waals surface area (Å²) in [6, 6.07) is 7.73. The van der Waals surface area contributed by atoms with Gasteiger partial charge in [-0.1, -0.05) is 6.07 Å². The fourth-order valence-corrected chi connectivity index (χ4v) is 1.33. The monoisotopic (exact) mass is 145 g/mol. The Labute approximate surface area is 65.0 Å². The predicted molar refractivity (Wildman–Crippen MR) is 40.4 cm³/mol. The van der Waals surface area contributed by atoms with Crippen LogP contribution in [0.2, 0.25) is 0 Å². The molecule has 0 amide bonds. The summed E-state index contributed by atoms with van der Waals surface area (Å²) in [5, 5.41) is 8.70. The number of ether oxygens (including phenoxy) is 1. The highest BCUT2D eigenvalue weighted by Crippen LogP contribution is 2.27. The van der Waals surface area contributed by atoms with Crippen LogP contribution in [-0.2, 0) is 6.42 Å². The van der Waals surface area contributed by atoms with Gasteiger partial charge in [-0.25, -0.2) is 0 Å². The maximum Gasteiger partial charge on any atom is 0.123 e. The lowest BCUT2D eigenvalue weighted by Crippen LogP contribution is -1.86. The summed E-state index contributed by atoms with van der Waals surface area (Å²) < 4.78 is 5.29. The van der Waals surface area contributed by atoms with Crippen LogP contribution in [0, 0.1) is 11.3 Å². The molecule has 1 aromatic carbocycles. The Bertz CT molecular complexity index is 325. The molecule has 2 heteroatoms. The first-order valence-corrected chi connectivity index (χ1v) is 3.56. The lowest BCUT2D eigenvalue weighted by atomic mass is 10.1. The van der Waals surface area contributed by atoms with Crippen LogP contribution >= 0.6 is 0 Å². The molecule has 1 aromatic rings. The molecule has 0 aromatic heterocycles. The first-order chi connectivity index (χ1) is 5.42. The number of fused-ring (bicyclic) bond motifs is 1. The van der Waals surface area contributed by atoms with Crippen molar-refractivity contribution in [2.45, 2.75) is 6.42 Å². The summed E-state index contributed by atoms with van der Waals surface area (Å²) >= 11 is 0. The largest absolute Gasteiger partial charge is 0.493 e. The van der Waals surface area contributed by atoms with Crippen LogP contribution in [-0.4, -0.2) is 6.61 Å². The van der Waals surface area contributed by atoms with E-state index in [4.69, 9.17) is 10.00 Å². The number of nitrogens with zero attached hydrogens (tertiary/aromatic N) is 1. The summed E-state index contributed by atoms with van der Waals surface area (Å²) in [5.41, 5.74) is 1.81. The molecule has 54 valence electrons. The number of hydrogen-bond acceptors (Lipinski definition) is 2. The van der Waals surface area contributed by atoms with E-state index in [1.807, 2.05) is 18.2 Å². The number of nitriles is 1. The van der Waals surface area contributed by atoms with E-state index >= 15 is 0 Å². The molecular weight excluding hydrogens is 138 g/mol. The second-order valence-electron chi connectivity index (χ2n) is 2.49. The molecule has 0 radical (unpaired) electrons. The van der Waals surface area contributed by atoms with Crippen molar-refractivity contribution in [1.82, 2.24) is 0 Å². The molecule has 0 saturated carbocycles. The van der Waals surface area contributed by atoms with Gasteiger partial charge in [-0.2, -0.15) is 5.26 Å². The van der Waals surface area contributed by atoms with E-state index in [2.05, 4.69) is 6.07 Å². The molecule has 0 saturated heterocycles. The second kappa shape index (κ2) is 2.28. The first kappa shape index (κ1) is 6.23. The van der Waals surface area contributed by atoms with E-state index in [-0.39, 0.29) is 0 Å². The van der Waals surface area contributed by atoms with E-state index in [0.29, 0.717) is 6.61 Å². The third-order valence-electron chi connectivity index (χ3n) is 1.86. The molecular formula is C9H7NO. The van der Waals surface area contributed by atoms with Gasteiger partial charge in [0.25, 0.3) is 0 Å². The van der Waals surface area contributed by atoms with Crippen LogP contribution in [0.1, 0.15) is 11.1 Å². The quantitative estimate of drug-likeness (QED) is 0.554. The highest BCUT2D eigenvalue weighted by Gasteiger charge is 2.14. The van der Waals surface area contributed by atoms with E-state index < -0.39 is 0 Å². The van der Waals surface area contributed by atoms with Crippen molar-refractivity contribution in [1.29, 1.82) is 5.26 Å². The highest BCUT2D eigenvalue weighted by atomic mass is 16.5. The summed E-state index contributed by atoms with van der Waals surface area (Å²) in [7, 11) is 0. The number of benzene rings is 1. The van der Waals surface area contributed by atoms with Gasteiger partial charge in [-0.05, 0) is 12.1 Å². The molecule has 2 rings (SSSR count). The van der Waals surface area contributed by atoms with Gasteiger partial charge in [0, 0.05) is 12.0 Å². The third-order valence-corrected chi connectivity index (χ3v) is 1.86. The van der Waals surface area contributed by atoms with Crippen LogP contribution in [0.15, 0.2) is 18.2 Å². The topological polar surface area (TPSA) is 33.0 Å². The van der Waals surface area contributed by atoms with E-state index in [0.717, 1.165) is 23.3 Å². The average Bonchev–Trinajstić information content (AvgIpc) is 2.50. The van der Waals surface area contributed by atoms with Crippen LogP contribution < -0.4 is 4.74 Å². The molecule has 0 N–H and O–H groups in total. The Morgan fingerprint density at radius 2 is 2.36 bits per heavy atom. The van der Waals surface area contributed by atoms with Crippen molar-refractivity contribution >= 4 is 0 Å². The summed E-state index contributed by atoms with van der Waals surface area (Å²) in [6.45, 7) is 0.716. The lowest BCUT2D eigenvalue weighted by Gasteiger charge is -1.97. The van der Waals surface area contributed by atoms with Crippen molar-refractivity contribution in [3.63, 3.8) is 0 Å². The van der Waals surface area contributed by atoms with Gasteiger partial charge in [0.2, 0.25) is 0 Å². The maximum atomic E-state index is 8.70. The van der Waals surface area contributed by atoms with Crippen molar-refractivity contribution in [3.8, 4) is 11.8 Å². The Hall–Kier alpha value is -1.49. The van der Waals surface area contributed by atoms with Crippen molar-refractivity contribution in [2.75, 3.05) is 6.61 Å². The van der Waals surface area contributed by atoms with Crippen molar-refractivity contribution < 1.29 is 4.74 Å². The smallest absolute Gasteiger partial charge is 0.123 e. The van der Waals surface area contributed by atoms with Crippen LogP contribution in [0.4, 0.5) is 0 Å². The van der Waals surface area contributed by atoms with Crippen LogP contribution in [0.25, 0.3) is 0 Å². The minimum absolute atomic E-state index is 0.716. The molecule has 1 heterocycles. The van der Waals surface area contributed by atoms with Crippen LogP contribution in [0.3, 0.4) is 0 Å².